The maximum atomic E-state index is 13.0. The molecule has 0 amide bonds. The van der Waals surface area contributed by atoms with E-state index >= 15 is 0 Å². The molecule has 24 heavy (non-hydrogen) atoms. The van der Waals surface area contributed by atoms with E-state index in [1.165, 1.54) is 11.8 Å². The number of H-pyrrole nitrogens is 1. The van der Waals surface area contributed by atoms with Crippen LogP contribution in [0.5, 0.6) is 0 Å². The summed E-state index contributed by atoms with van der Waals surface area (Å²) in [5, 5.41) is 2.16. The molecule has 0 bridgehead atoms. The van der Waals surface area contributed by atoms with Crippen LogP contribution in [-0.4, -0.2) is 21.5 Å². The van der Waals surface area contributed by atoms with Crippen molar-refractivity contribution in [3.05, 3.63) is 69.6 Å². The lowest BCUT2D eigenvalue weighted by Crippen LogP contribution is -2.19. The number of fused-ring (bicyclic) bond motifs is 1. The van der Waals surface area contributed by atoms with Crippen molar-refractivity contribution in [2.24, 2.45) is 0 Å². The summed E-state index contributed by atoms with van der Waals surface area (Å²) in [6.45, 7) is 1.60. The van der Waals surface area contributed by atoms with Crippen LogP contribution < -0.4 is 5.56 Å². The van der Waals surface area contributed by atoms with Crippen molar-refractivity contribution >= 4 is 28.3 Å². The van der Waals surface area contributed by atoms with Crippen molar-refractivity contribution < 1.29 is 4.79 Å². The molecule has 2 aromatic carbocycles. The Morgan fingerprint density at radius 3 is 2.79 bits per heavy atom. The standard InChI is InChI=1S/C19H14N2O2S/c1-3-11-24-19-20-16(12(2)18(23)21-19)17(22)15-10-6-8-13-7-4-5-9-14(13)15/h1,4-10H,11H2,2H3,(H,20,21,23). The molecule has 0 unspecified atom stereocenters. The fraction of sp³-hybridized carbons (Fsp3) is 0.105. The first kappa shape index (κ1) is 16.0. The molecule has 3 aromatic rings. The lowest BCUT2D eigenvalue weighted by atomic mass is 9.98. The highest BCUT2D eigenvalue weighted by Crippen LogP contribution is 2.22. The fourth-order valence-electron chi connectivity index (χ4n) is 2.46. The molecule has 0 fully saturated rings. The van der Waals surface area contributed by atoms with Gasteiger partial charge in [-0.2, -0.15) is 0 Å². The fourth-order valence-corrected chi connectivity index (χ4v) is 3.00. The predicted molar refractivity (Wildman–Crippen MR) is 96.5 cm³/mol. The first-order valence-corrected chi connectivity index (χ1v) is 8.30. The van der Waals surface area contributed by atoms with E-state index in [0.717, 1.165) is 10.8 Å². The number of carbonyl (C=O) groups excluding carboxylic acids is 1. The van der Waals surface area contributed by atoms with E-state index in [-0.39, 0.29) is 17.0 Å². The Labute approximate surface area is 143 Å². The molecule has 4 nitrogen and oxygen atoms in total. The summed E-state index contributed by atoms with van der Waals surface area (Å²) in [6.07, 6.45) is 5.24. The van der Waals surface area contributed by atoms with Gasteiger partial charge in [0.25, 0.3) is 5.56 Å². The highest BCUT2D eigenvalue weighted by Gasteiger charge is 2.19. The third-order valence-corrected chi connectivity index (χ3v) is 4.45. The van der Waals surface area contributed by atoms with Gasteiger partial charge in [-0.05, 0) is 17.7 Å². The zero-order valence-corrected chi connectivity index (χ0v) is 13.8. The minimum Gasteiger partial charge on any atom is -0.301 e. The normalized spacial score (nSPS) is 10.5. The molecule has 0 saturated heterocycles. The number of thioether (sulfide) groups is 1. The Bertz CT molecular complexity index is 1030. The monoisotopic (exact) mass is 334 g/mol. The van der Waals surface area contributed by atoms with Gasteiger partial charge in [-0.1, -0.05) is 60.1 Å². The number of hydrogen-bond donors (Lipinski definition) is 1. The summed E-state index contributed by atoms with van der Waals surface area (Å²) in [6, 6.07) is 13.1. The number of rotatable bonds is 4. The zero-order chi connectivity index (χ0) is 17.1. The van der Waals surface area contributed by atoms with Gasteiger partial charge in [-0.15, -0.1) is 6.42 Å². The Morgan fingerprint density at radius 2 is 2.00 bits per heavy atom. The average molecular weight is 334 g/mol. The maximum absolute atomic E-state index is 13.0. The summed E-state index contributed by atoms with van der Waals surface area (Å²) < 4.78 is 0. The van der Waals surface area contributed by atoms with E-state index in [9.17, 15) is 9.59 Å². The molecule has 0 spiro atoms. The van der Waals surface area contributed by atoms with E-state index in [0.29, 0.717) is 22.0 Å². The summed E-state index contributed by atoms with van der Waals surface area (Å²) >= 11 is 1.22. The highest BCUT2D eigenvalue weighted by molar-refractivity contribution is 7.99. The van der Waals surface area contributed by atoms with Gasteiger partial charge in [0.2, 0.25) is 5.78 Å². The van der Waals surface area contributed by atoms with E-state index in [1.807, 2.05) is 36.4 Å². The minimum atomic E-state index is -0.326. The minimum absolute atomic E-state index is 0.162. The van der Waals surface area contributed by atoms with Gasteiger partial charge in [-0.25, -0.2) is 4.98 Å². The molecule has 0 aliphatic heterocycles. The molecule has 1 aromatic heterocycles. The van der Waals surface area contributed by atoms with Crippen LogP contribution in [0, 0.1) is 19.3 Å². The lowest BCUT2D eigenvalue weighted by molar-refractivity contribution is 0.103. The second-order valence-electron chi connectivity index (χ2n) is 5.19. The van der Waals surface area contributed by atoms with Crippen LogP contribution in [0.4, 0.5) is 0 Å². The van der Waals surface area contributed by atoms with Gasteiger partial charge in [-0.3, -0.25) is 9.59 Å². The maximum Gasteiger partial charge on any atom is 0.255 e. The summed E-state index contributed by atoms with van der Waals surface area (Å²) in [7, 11) is 0. The zero-order valence-electron chi connectivity index (χ0n) is 13.0. The number of ketones is 1. The number of benzene rings is 2. The van der Waals surface area contributed by atoms with E-state index in [4.69, 9.17) is 6.42 Å². The quantitative estimate of drug-likeness (QED) is 0.344. The van der Waals surface area contributed by atoms with Gasteiger partial charge in [0.05, 0.1) is 5.75 Å². The molecule has 1 N–H and O–H groups in total. The molecule has 0 saturated carbocycles. The van der Waals surface area contributed by atoms with Gasteiger partial charge in [0.15, 0.2) is 5.16 Å². The van der Waals surface area contributed by atoms with Crippen molar-refractivity contribution in [3.8, 4) is 12.3 Å². The molecular formula is C19H14N2O2S. The van der Waals surface area contributed by atoms with Crippen LogP contribution in [-0.2, 0) is 0 Å². The van der Waals surface area contributed by atoms with Crippen molar-refractivity contribution in [3.63, 3.8) is 0 Å². The van der Waals surface area contributed by atoms with E-state index in [1.54, 1.807) is 13.0 Å². The van der Waals surface area contributed by atoms with Crippen LogP contribution in [0.15, 0.2) is 52.4 Å². The Hall–Kier alpha value is -2.84. The van der Waals surface area contributed by atoms with E-state index < -0.39 is 0 Å². The number of nitrogens with zero attached hydrogens (tertiary/aromatic N) is 1. The average Bonchev–Trinajstić information content (AvgIpc) is 2.61. The first-order chi connectivity index (χ1) is 11.6. The van der Waals surface area contributed by atoms with Crippen LogP contribution in [0.1, 0.15) is 21.6 Å². The largest absolute Gasteiger partial charge is 0.301 e. The van der Waals surface area contributed by atoms with Gasteiger partial charge in [0, 0.05) is 11.1 Å². The second kappa shape index (κ2) is 6.73. The van der Waals surface area contributed by atoms with Crippen molar-refractivity contribution in [2.75, 3.05) is 5.75 Å². The van der Waals surface area contributed by atoms with Crippen LogP contribution in [0.3, 0.4) is 0 Å². The number of aromatic nitrogens is 2. The Balaban J connectivity index is 2.14. The molecule has 0 aliphatic rings. The van der Waals surface area contributed by atoms with Crippen molar-refractivity contribution in [2.45, 2.75) is 12.1 Å². The Morgan fingerprint density at radius 1 is 1.25 bits per heavy atom. The summed E-state index contributed by atoms with van der Waals surface area (Å²) in [5.74, 6) is 2.57. The van der Waals surface area contributed by atoms with Crippen LogP contribution in [0.2, 0.25) is 0 Å². The van der Waals surface area contributed by atoms with Gasteiger partial charge < -0.3 is 4.98 Å². The number of hydrogen-bond acceptors (Lipinski definition) is 4. The van der Waals surface area contributed by atoms with E-state index in [2.05, 4.69) is 15.9 Å². The molecule has 0 atom stereocenters. The molecule has 1 heterocycles. The molecular weight excluding hydrogens is 320 g/mol. The smallest absolute Gasteiger partial charge is 0.255 e. The van der Waals surface area contributed by atoms with Crippen LogP contribution in [0.25, 0.3) is 10.8 Å². The second-order valence-corrected chi connectivity index (χ2v) is 6.16. The number of carbonyl (C=O) groups is 1. The highest BCUT2D eigenvalue weighted by atomic mass is 32.2. The molecule has 118 valence electrons. The van der Waals surface area contributed by atoms with Gasteiger partial charge >= 0.3 is 0 Å². The number of aromatic amines is 1. The molecule has 5 heteroatoms. The van der Waals surface area contributed by atoms with Crippen molar-refractivity contribution in [1.29, 1.82) is 0 Å². The summed E-state index contributed by atoms with van der Waals surface area (Å²) in [4.78, 5) is 32.1. The lowest BCUT2D eigenvalue weighted by Gasteiger charge is -2.08. The van der Waals surface area contributed by atoms with Crippen molar-refractivity contribution in [1.82, 2.24) is 9.97 Å². The molecule has 3 rings (SSSR count). The molecule has 0 aliphatic carbocycles. The van der Waals surface area contributed by atoms with Crippen LogP contribution >= 0.6 is 11.8 Å². The Kier molecular flexibility index (Phi) is 4.50. The number of nitrogens with one attached hydrogen (secondary N) is 1. The SMILES string of the molecule is C#CCSc1nc(C(=O)c2cccc3ccccc23)c(C)c(=O)[nH]1. The topological polar surface area (TPSA) is 62.8 Å². The van der Waals surface area contributed by atoms with Gasteiger partial charge in [0.1, 0.15) is 5.69 Å². The predicted octanol–water partition coefficient (Wildman–Crippen LogP) is 3.19. The third-order valence-electron chi connectivity index (χ3n) is 3.67. The first-order valence-electron chi connectivity index (χ1n) is 7.31. The third kappa shape index (κ3) is 2.97. The number of terminal acetylenes is 1. The molecule has 0 radical (unpaired) electrons. The summed E-state index contributed by atoms with van der Waals surface area (Å²) in [5.41, 5.74) is 0.669.